The van der Waals surface area contributed by atoms with E-state index in [-0.39, 0.29) is 11.8 Å². The fraction of sp³-hybridized carbons (Fsp3) is 0.421. The number of aryl methyl sites for hydroxylation is 2. The molecule has 1 aromatic carbocycles. The Balaban J connectivity index is 1.43. The van der Waals surface area contributed by atoms with Crippen LogP contribution < -0.4 is 5.69 Å². The molecule has 0 amide bonds. The first-order valence-electron chi connectivity index (χ1n) is 9.12. The number of benzene rings is 1. The van der Waals surface area contributed by atoms with E-state index in [4.69, 9.17) is 4.74 Å². The molecule has 3 aromatic rings. The summed E-state index contributed by atoms with van der Waals surface area (Å²) in [6, 6.07) is 10.4. The third-order valence-corrected chi connectivity index (χ3v) is 5.74. The van der Waals surface area contributed by atoms with Gasteiger partial charge in [-0.3, -0.25) is 4.57 Å². The van der Waals surface area contributed by atoms with Crippen LogP contribution in [-0.4, -0.2) is 37.3 Å². The highest BCUT2D eigenvalue weighted by molar-refractivity contribution is 7.98. The van der Waals surface area contributed by atoms with Crippen molar-refractivity contribution in [1.29, 1.82) is 0 Å². The molecule has 0 aliphatic carbocycles. The molecule has 3 heterocycles. The Morgan fingerprint density at radius 2 is 2.11 bits per heavy atom. The zero-order valence-corrected chi connectivity index (χ0v) is 16.3. The summed E-state index contributed by atoms with van der Waals surface area (Å²) in [4.78, 5) is 12.0. The van der Waals surface area contributed by atoms with Crippen LogP contribution in [0.2, 0.25) is 0 Å². The number of thioether (sulfide) groups is 1. The number of aromatic nitrogens is 5. The zero-order valence-electron chi connectivity index (χ0n) is 15.5. The summed E-state index contributed by atoms with van der Waals surface area (Å²) >= 11 is 1.56. The number of aromatic amines is 1. The lowest BCUT2D eigenvalue weighted by Crippen LogP contribution is -2.24. The van der Waals surface area contributed by atoms with E-state index in [0.717, 1.165) is 42.3 Å². The summed E-state index contributed by atoms with van der Waals surface area (Å²) < 4.78 is 9.28. The molecule has 1 fully saturated rings. The van der Waals surface area contributed by atoms with Gasteiger partial charge in [-0.15, -0.1) is 5.10 Å². The Labute approximate surface area is 161 Å². The second-order valence-electron chi connectivity index (χ2n) is 6.85. The fourth-order valence-corrected chi connectivity index (χ4v) is 4.25. The first-order chi connectivity index (χ1) is 13.1. The molecule has 4 rings (SSSR count). The van der Waals surface area contributed by atoms with E-state index in [2.05, 4.69) is 52.6 Å². The van der Waals surface area contributed by atoms with Gasteiger partial charge in [-0.25, -0.2) is 14.6 Å². The molecule has 1 atom stereocenters. The van der Waals surface area contributed by atoms with E-state index in [1.165, 1.54) is 5.56 Å². The van der Waals surface area contributed by atoms with Crippen molar-refractivity contribution in [1.82, 2.24) is 24.5 Å². The predicted octanol–water partition coefficient (Wildman–Crippen LogP) is 2.85. The van der Waals surface area contributed by atoms with Crippen LogP contribution in [0, 0.1) is 13.8 Å². The van der Waals surface area contributed by atoms with Crippen LogP contribution in [0.15, 0.2) is 40.3 Å². The summed E-state index contributed by atoms with van der Waals surface area (Å²) in [7, 11) is 0. The number of hydrogen-bond donors (Lipinski definition) is 1. The van der Waals surface area contributed by atoms with Crippen LogP contribution in [0.4, 0.5) is 0 Å². The highest BCUT2D eigenvalue weighted by atomic mass is 32.2. The van der Waals surface area contributed by atoms with E-state index in [9.17, 15) is 4.79 Å². The van der Waals surface area contributed by atoms with Gasteiger partial charge in [0, 0.05) is 18.1 Å². The highest BCUT2D eigenvalue weighted by Crippen LogP contribution is 2.22. The van der Waals surface area contributed by atoms with Crippen LogP contribution in [-0.2, 0) is 17.0 Å². The normalized spacial score (nSPS) is 16.9. The third-order valence-electron chi connectivity index (χ3n) is 4.69. The van der Waals surface area contributed by atoms with Gasteiger partial charge < -0.3 is 4.74 Å². The fourth-order valence-electron chi connectivity index (χ4n) is 3.34. The third kappa shape index (κ3) is 4.01. The monoisotopic (exact) mass is 385 g/mol. The number of ether oxygens (including phenoxy) is 1. The molecule has 142 valence electrons. The average Bonchev–Trinajstić information content (AvgIpc) is 3.37. The Kier molecular flexibility index (Phi) is 5.18. The van der Waals surface area contributed by atoms with Gasteiger partial charge in [-0.05, 0) is 50.5 Å². The van der Waals surface area contributed by atoms with Crippen LogP contribution in [0.5, 0.6) is 0 Å². The summed E-state index contributed by atoms with van der Waals surface area (Å²) in [5, 5.41) is 11.9. The maximum Gasteiger partial charge on any atom is 0.344 e. The highest BCUT2D eigenvalue weighted by Gasteiger charge is 2.19. The molecule has 1 N–H and O–H groups in total. The molecule has 0 bridgehead atoms. The first kappa shape index (κ1) is 18.1. The van der Waals surface area contributed by atoms with Gasteiger partial charge in [0.05, 0.1) is 24.0 Å². The minimum Gasteiger partial charge on any atom is -0.376 e. The number of H-pyrrole nitrogens is 1. The van der Waals surface area contributed by atoms with Crippen molar-refractivity contribution < 1.29 is 4.74 Å². The molecule has 27 heavy (non-hydrogen) atoms. The van der Waals surface area contributed by atoms with Gasteiger partial charge in [0.25, 0.3) is 0 Å². The van der Waals surface area contributed by atoms with Crippen molar-refractivity contribution in [2.45, 2.75) is 50.2 Å². The lowest BCUT2D eigenvalue weighted by Gasteiger charge is -2.11. The van der Waals surface area contributed by atoms with Crippen molar-refractivity contribution >= 4 is 11.8 Å². The maximum atomic E-state index is 12.0. The number of nitrogens with one attached hydrogen (secondary N) is 1. The van der Waals surface area contributed by atoms with E-state index >= 15 is 0 Å². The van der Waals surface area contributed by atoms with Gasteiger partial charge in [-0.1, -0.05) is 23.9 Å². The van der Waals surface area contributed by atoms with E-state index < -0.39 is 0 Å². The van der Waals surface area contributed by atoms with Crippen molar-refractivity contribution in [3.05, 3.63) is 57.8 Å². The standard InChI is InChI=1S/C19H23N5O2S/c1-13-10-14(2)24(22-13)16-7-5-15(6-8-16)12-27-19-21-20-18(25)23(19)11-17-4-3-9-26-17/h5-8,10,17H,3-4,9,11-12H2,1-2H3,(H,20,25). The van der Waals surface area contributed by atoms with E-state index in [1.807, 2.05) is 11.6 Å². The summed E-state index contributed by atoms with van der Waals surface area (Å²) in [6.07, 6.45) is 2.16. The molecule has 8 heteroatoms. The van der Waals surface area contributed by atoms with E-state index in [0.29, 0.717) is 11.7 Å². The van der Waals surface area contributed by atoms with Crippen molar-refractivity contribution in [3.8, 4) is 5.69 Å². The number of rotatable bonds is 6. The van der Waals surface area contributed by atoms with Crippen molar-refractivity contribution in [2.24, 2.45) is 0 Å². The Morgan fingerprint density at radius 3 is 2.78 bits per heavy atom. The topological polar surface area (TPSA) is 77.7 Å². The summed E-state index contributed by atoms with van der Waals surface area (Å²) in [5.74, 6) is 0.743. The minimum atomic E-state index is -0.173. The van der Waals surface area contributed by atoms with Crippen molar-refractivity contribution in [2.75, 3.05) is 6.61 Å². The quantitative estimate of drug-likeness (QED) is 0.660. The smallest absolute Gasteiger partial charge is 0.344 e. The molecule has 7 nitrogen and oxygen atoms in total. The van der Waals surface area contributed by atoms with Gasteiger partial charge >= 0.3 is 5.69 Å². The molecule has 1 aliphatic rings. The van der Waals surface area contributed by atoms with Crippen LogP contribution in [0.1, 0.15) is 29.8 Å². The van der Waals surface area contributed by atoms with E-state index in [1.54, 1.807) is 16.3 Å². The lowest BCUT2D eigenvalue weighted by molar-refractivity contribution is 0.0941. The summed E-state index contributed by atoms with van der Waals surface area (Å²) in [6.45, 7) is 5.39. The van der Waals surface area contributed by atoms with Crippen LogP contribution in [0.3, 0.4) is 0 Å². The number of nitrogens with zero attached hydrogens (tertiary/aromatic N) is 4. The number of hydrogen-bond acceptors (Lipinski definition) is 5. The molecule has 1 saturated heterocycles. The zero-order chi connectivity index (χ0) is 18.8. The first-order valence-corrected chi connectivity index (χ1v) is 10.1. The lowest BCUT2D eigenvalue weighted by atomic mass is 10.2. The second-order valence-corrected chi connectivity index (χ2v) is 7.79. The Morgan fingerprint density at radius 1 is 1.30 bits per heavy atom. The molecule has 0 spiro atoms. The van der Waals surface area contributed by atoms with Crippen LogP contribution >= 0.6 is 11.8 Å². The molecule has 0 saturated carbocycles. The molecular weight excluding hydrogens is 362 g/mol. The van der Waals surface area contributed by atoms with Gasteiger partial charge in [-0.2, -0.15) is 5.10 Å². The second kappa shape index (κ2) is 7.74. The Hall–Kier alpha value is -2.32. The summed E-state index contributed by atoms with van der Waals surface area (Å²) in [5.41, 5.74) is 4.17. The molecular formula is C19H23N5O2S. The van der Waals surface area contributed by atoms with Gasteiger partial charge in [0.15, 0.2) is 5.16 Å². The Bertz CT molecular complexity index is 967. The predicted molar refractivity (Wildman–Crippen MR) is 104 cm³/mol. The molecule has 1 aliphatic heterocycles. The molecule has 0 radical (unpaired) electrons. The molecule has 1 unspecified atom stereocenters. The van der Waals surface area contributed by atoms with Crippen LogP contribution in [0.25, 0.3) is 5.69 Å². The SMILES string of the molecule is Cc1cc(C)n(-c2ccc(CSc3n[nH]c(=O)n3CC3CCCO3)cc2)n1. The average molecular weight is 385 g/mol. The maximum absolute atomic E-state index is 12.0. The largest absolute Gasteiger partial charge is 0.376 e. The van der Waals surface area contributed by atoms with Crippen molar-refractivity contribution in [3.63, 3.8) is 0 Å². The van der Waals surface area contributed by atoms with Gasteiger partial charge in [0.2, 0.25) is 0 Å². The van der Waals surface area contributed by atoms with Gasteiger partial charge in [0.1, 0.15) is 0 Å². The molecule has 2 aromatic heterocycles. The minimum absolute atomic E-state index is 0.111.